The van der Waals surface area contributed by atoms with Crippen molar-refractivity contribution in [1.29, 1.82) is 0 Å². The van der Waals surface area contributed by atoms with Crippen molar-refractivity contribution in [2.75, 3.05) is 5.32 Å². The molecular weight excluding hydrogens is 305 g/mol. The number of rotatable bonds is 5. The summed E-state index contributed by atoms with van der Waals surface area (Å²) in [5.74, 6) is -0.975. The van der Waals surface area contributed by atoms with Crippen molar-refractivity contribution in [3.05, 3.63) is 51.9 Å². The Hall–Kier alpha value is -1.69. The van der Waals surface area contributed by atoms with Crippen LogP contribution in [0.1, 0.15) is 17.4 Å². The maximum absolute atomic E-state index is 11.3. The lowest BCUT2D eigenvalue weighted by atomic mass is 10.2. The smallest absolute Gasteiger partial charge is 0.334 e. The van der Waals surface area contributed by atoms with E-state index in [9.17, 15) is 9.90 Å². The average Bonchev–Trinajstić information content (AvgIpc) is 2.88. The Morgan fingerprint density at radius 1 is 1.40 bits per heavy atom. The first-order valence-corrected chi connectivity index (χ1v) is 6.40. The fourth-order valence-corrected chi connectivity index (χ4v) is 2.01. The molecule has 0 spiro atoms. The van der Waals surface area contributed by atoms with E-state index in [0.29, 0.717) is 16.3 Å². The van der Waals surface area contributed by atoms with Crippen LogP contribution in [0.15, 0.2) is 34.9 Å². The van der Waals surface area contributed by atoms with Crippen LogP contribution in [0.3, 0.4) is 0 Å². The van der Waals surface area contributed by atoms with E-state index in [0.717, 1.165) is 0 Å². The van der Waals surface area contributed by atoms with Gasteiger partial charge in [-0.3, -0.25) is 0 Å². The Kier molecular flexibility index (Phi) is 4.54. The van der Waals surface area contributed by atoms with Gasteiger partial charge in [0, 0.05) is 5.56 Å². The van der Waals surface area contributed by atoms with Crippen molar-refractivity contribution in [2.24, 2.45) is 0 Å². The normalized spacial score (nSPS) is 12.2. The number of carboxylic acid groups (broad SMARTS) is 1. The molecule has 1 unspecified atom stereocenters. The number of aliphatic carboxylic acids is 1. The first-order chi connectivity index (χ1) is 9.52. The van der Waals surface area contributed by atoms with Crippen molar-refractivity contribution in [3.63, 3.8) is 0 Å². The Bertz CT molecular complexity index is 627. The van der Waals surface area contributed by atoms with Gasteiger partial charge < -0.3 is 19.9 Å². The number of benzene rings is 1. The molecule has 2 rings (SSSR count). The van der Waals surface area contributed by atoms with Gasteiger partial charge in [0.2, 0.25) is 0 Å². The highest BCUT2D eigenvalue weighted by atomic mass is 35.5. The fourth-order valence-electron chi connectivity index (χ4n) is 1.65. The van der Waals surface area contributed by atoms with Crippen LogP contribution in [-0.2, 0) is 11.4 Å². The zero-order valence-corrected chi connectivity index (χ0v) is 11.6. The molecule has 0 bridgehead atoms. The maximum atomic E-state index is 11.3. The van der Waals surface area contributed by atoms with Crippen molar-refractivity contribution in [3.8, 4) is 0 Å². The van der Waals surface area contributed by atoms with Gasteiger partial charge in [0.1, 0.15) is 5.76 Å². The van der Waals surface area contributed by atoms with Crippen molar-refractivity contribution in [2.45, 2.75) is 12.6 Å². The lowest BCUT2D eigenvalue weighted by molar-refractivity contribution is -0.138. The molecule has 0 radical (unpaired) electrons. The second kappa shape index (κ2) is 6.17. The summed E-state index contributed by atoms with van der Waals surface area (Å²) in [5.41, 5.74) is 0.874. The number of anilines is 1. The van der Waals surface area contributed by atoms with Gasteiger partial charge in [0.15, 0.2) is 6.04 Å². The molecule has 0 aliphatic heterocycles. The topological polar surface area (TPSA) is 82.7 Å². The molecule has 20 heavy (non-hydrogen) atoms. The molecule has 1 heterocycles. The zero-order valence-electron chi connectivity index (χ0n) is 10.1. The number of halogens is 2. The Balaban J connectivity index is 2.30. The van der Waals surface area contributed by atoms with Crippen LogP contribution in [-0.4, -0.2) is 16.2 Å². The summed E-state index contributed by atoms with van der Waals surface area (Å²) >= 11 is 11.9. The van der Waals surface area contributed by atoms with E-state index >= 15 is 0 Å². The summed E-state index contributed by atoms with van der Waals surface area (Å²) in [6.07, 6.45) is 1.30. The van der Waals surface area contributed by atoms with Crippen molar-refractivity contribution < 1.29 is 19.4 Å². The molecule has 0 saturated heterocycles. The molecule has 5 nitrogen and oxygen atoms in total. The Labute approximate surface area is 124 Å². The molecule has 2 aromatic rings. The predicted octanol–water partition coefficient (Wildman–Crippen LogP) is 3.32. The van der Waals surface area contributed by atoms with Gasteiger partial charge in [-0.2, -0.15) is 0 Å². The average molecular weight is 316 g/mol. The summed E-state index contributed by atoms with van der Waals surface area (Å²) in [6.45, 7) is -0.228. The molecule has 0 aliphatic carbocycles. The monoisotopic (exact) mass is 315 g/mol. The van der Waals surface area contributed by atoms with E-state index in [-0.39, 0.29) is 17.4 Å². The SMILES string of the molecule is O=C(O)C(Nc1cccc(Cl)c1Cl)c1cc(CO)co1. The van der Waals surface area contributed by atoms with Crippen LogP contribution >= 0.6 is 23.2 Å². The fraction of sp³-hybridized carbons (Fsp3) is 0.154. The van der Waals surface area contributed by atoms with Gasteiger partial charge in [0.25, 0.3) is 0 Å². The molecular formula is C13H11Cl2NO4. The highest BCUT2D eigenvalue weighted by Crippen LogP contribution is 2.32. The summed E-state index contributed by atoms with van der Waals surface area (Å²) < 4.78 is 5.14. The van der Waals surface area contributed by atoms with Crippen LogP contribution in [0.2, 0.25) is 10.0 Å². The number of aliphatic hydroxyl groups is 1. The highest BCUT2D eigenvalue weighted by Gasteiger charge is 2.24. The van der Waals surface area contributed by atoms with Gasteiger partial charge in [-0.05, 0) is 18.2 Å². The molecule has 3 N–H and O–H groups in total. The molecule has 0 aliphatic rings. The minimum Gasteiger partial charge on any atom is -0.479 e. The molecule has 0 fully saturated rings. The first kappa shape index (κ1) is 14.7. The number of nitrogens with one attached hydrogen (secondary N) is 1. The Morgan fingerprint density at radius 3 is 2.75 bits per heavy atom. The second-order valence-electron chi connectivity index (χ2n) is 4.03. The quantitative estimate of drug-likeness (QED) is 0.788. The van der Waals surface area contributed by atoms with E-state index in [1.807, 2.05) is 0 Å². The van der Waals surface area contributed by atoms with E-state index in [2.05, 4.69) is 5.32 Å². The molecule has 7 heteroatoms. The minimum absolute atomic E-state index is 0.164. The number of hydrogen-bond donors (Lipinski definition) is 3. The van der Waals surface area contributed by atoms with Crippen molar-refractivity contribution >= 4 is 34.9 Å². The number of aliphatic hydroxyl groups excluding tert-OH is 1. The molecule has 0 amide bonds. The molecule has 0 saturated carbocycles. The van der Waals surface area contributed by atoms with E-state index < -0.39 is 12.0 Å². The van der Waals surface area contributed by atoms with Crippen LogP contribution in [0.4, 0.5) is 5.69 Å². The number of carbonyl (C=O) groups is 1. The highest BCUT2D eigenvalue weighted by molar-refractivity contribution is 6.43. The van der Waals surface area contributed by atoms with E-state index in [1.165, 1.54) is 12.3 Å². The summed E-state index contributed by atoms with van der Waals surface area (Å²) in [6, 6.07) is 5.19. The lowest BCUT2D eigenvalue weighted by Gasteiger charge is -2.15. The van der Waals surface area contributed by atoms with E-state index in [4.69, 9.17) is 32.7 Å². The van der Waals surface area contributed by atoms with Crippen LogP contribution in [0, 0.1) is 0 Å². The van der Waals surface area contributed by atoms with Gasteiger partial charge in [0.05, 0.1) is 28.6 Å². The van der Waals surface area contributed by atoms with Gasteiger partial charge >= 0.3 is 5.97 Å². The third-order valence-electron chi connectivity index (χ3n) is 2.64. The lowest BCUT2D eigenvalue weighted by Crippen LogP contribution is -2.20. The second-order valence-corrected chi connectivity index (χ2v) is 4.82. The summed E-state index contributed by atoms with van der Waals surface area (Å²) in [4.78, 5) is 11.3. The number of furan rings is 1. The predicted molar refractivity (Wildman–Crippen MR) is 75.1 cm³/mol. The minimum atomic E-state index is -1.14. The summed E-state index contributed by atoms with van der Waals surface area (Å²) in [5, 5.41) is 21.5. The summed E-state index contributed by atoms with van der Waals surface area (Å²) in [7, 11) is 0. The van der Waals surface area contributed by atoms with E-state index in [1.54, 1.807) is 18.2 Å². The maximum Gasteiger partial charge on any atom is 0.334 e. The molecule has 1 aromatic carbocycles. The molecule has 1 aromatic heterocycles. The van der Waals surface area contributed by atoms with Crippen LogP contribution in [0.25, 0.3) is 0 Å². The number of hydrogen-bond acceptors (Lipinski definition) is 4. The van der Waals surface area contributed by atoms with Gasteiger partial charge in [-0.15, -0.1) is 0 Å². The molecule has 1 atom stereocenters. The van der Waals surface area contributed by atoms with Crippen LogP contribution < -0.4 is 5.32 Å². The van der Waals surface area contributed by atoms with Crippen LogP contribution in [0.5, 0.6) is 0 Å². The third-order valence-corrected chi connectivity index (χ3v) is 3.46. The van der Waals surface area contributed by atoms with Gasteiger partial charge in [-0.1, -0.05) is 29.3 Å². The van der Waals surface area contributed by atoms with Gasteiger partial charge in [-0.25, -0.2) is 4.79 Å². The largest absolute Gasteiger partial charge is 0.479 e. The van der Waals surface area contributed by atoms with Crippen molar-refractivity contribution in [1.82, 2.24) is 0 Å². The zero-order chi connectivity index (χ0) is 14.7. The molecule has 106 valence electrons. The third kappa shape index (κ3) is 3.07. The Morgan fingerprint density at radius 2 is 2.15 bits per heavy atom. The number of carboxylic acids is 1. The standard InChI is InChI=1S/C13H11Cl2NO4/c14-8-2-1-3-9(11(8)15)16-12(13(18)19)10-4-7(5-17)6-20-10/h1-4,6,12,16-17H,5H2,(H,18,19). The first-order valence-electron chi connectivity index (χ1n) is 5.64.